The minimum absolute atomic E-state index is 0.253. The molecule has 0 radical (unpaired) electrons. The first-order valence-electron chi connectivity index (χ1n) is 7.09. The molecule has 3 rings (SSSR count). The zero-order valence-electron chi connectivity index (χ0n) is 11.4. The van der Waals surface area contributed by atoms with E-state index in [1.807, 2.05) is 0 Å². The molecule has 2 fully saturated rings. The van der Waals surface area contributed by atoms with Gasteiger partial charge in [-0.15, -0.1) is 11.3 Å². The first kappa shape index (κ1) is 14.0. The van der Waals surface area contributed by atoms with Crippen LogP contribution in [0, 0.1) is 0 Å². The van der Waals surface area contributed by atoms with Crippen LogP contribution in [0.3, 0.4) is 0 Å². The third kappa shape index (κ3) is 3.20. The van der Waals surface area contributed by atoms with Crippen molar-refractivity contribution < 1.29 is 14.6 Å². The Bertz CT molecular complexity index is 477. The van der Waals surface area contributed by atoms with Crippen LogP contribution < -0.4 is 5.32 Å². The van der Waals surface area contributed by atoms with Gasteiger partial charge in [0, 0.05) is 35.9 Å². The number of nitrogens with one attached hydrogen (secondary N) is 1. The van der Waals surface area contributed by atoms with Crippen molar-refractivity contribution in [2.45, 2.75) is 31.5 Å². The maximum Gasteiger partial charge on any atom is 0.336 e. The summed E-state index contributed by atoms with van der Waals surface area (Å²) in [5.74, 6) is -0.858. The molecule has 2 atom stereocenters. The lowest BCUT2D eigenvalue weighted by Crippen LogP contribution is -2.49. The largest absolute Gasteiger partial charge is 0.478 e. The molecule has 2 unspecified atom stereocenters. The van der Waals surface area contributed by atoms with Crippen molar-refractivity contribution >= 4 is 17.3 Å². The van der Waals surface area contributed by atoms with E-state index >= 15 is 0 Å². The summed E-state index contributed by atoms with van der Waals surface area (Å²) >= 11 is 1.49. The SMILES string of the molecule is O=C(O)c1csc(CNCC2CN3CCCC3CO2)c1. The summed E-state index contributed by atoms with van der Waals surface area (Å²) in [6, 6.07) is 2.37. The molecule has 0 bridgehead atoms. The van der Waals surface area contributed by atoms with E-state index in [2.05, 4.69) is 10.2 Å². The quantitative estimate of drug-likeness (QED) is 0.860. The van der Waals surface area contributed by atoms with E-state index < -0.39 is 5.97 Å². The highest BCUT2D eigenvalue weighted by Crippen LogP contribution is 2.22. The van der Waals surface area contributed by atoms with Gasteiger partial charge in [0.25, 0.3) is 0 Å². The molecule has 20 heavy (non-hydrogen) atoms. The van der Waals surface area contributed by atoms with Gasteiger partial charge in [-0.2, -0.15) is 0 Å². The molecule has 2 saturated heterocycles. The zero-order valence-corrected chi connectivity index (χ0v) is 12.2. The van der Waals surface area contributed by atoms with Gasteiger partial charge in [0.1, 0.15) is 0 Å². The Kier molecular flexibility index (Phi) is 4.35. The Balaban J connectivity index is 1.42. The number of carboxylic acid groups (broad SMARTS) is 1. The lowest BCUT2D eigenvalue weighted by molar-refractivity contribution is -0.0470. The fourth-order valence-corrected chi connectivity index (χ4v) is 3.78. The lowest BCUT2D eigenvalue weighted by Gasteiger charge is -2.35. The molecule has 2 aliphatic rings. The van der Waals surface area contributed by atoms with Gasteiger partial charge in [0.15, 0.2) is 0 Å². The highest BCUT2D eigenvalue weighted by Gasteiger charge is 2.31. The topological polar surface area (TPSA) is 61.8 Å². The standard InChI is InChI=1S/C14H20N2O3S/c17-14(18)10-4-13(20-9-10)6-15-5-12-7-16-3-1-2-11(16)8-19-12/h4,9,11-12,15H,1-3,5-8H2,(H,17,18). The van der Waals surface area contributed by atoms with Crippen LogP contribution in [0.25, 0.3) is 0 Å². The van der Waals surface area contributed by atoms with Crippen molar-refractivity contribution in [3.05, 3.63) is 21.9 Å². The van der Waals surface area contributed by atoms with E-state index in [0.29, 0.717) is 18.2 Å². The Labute approximate surface area is 122 Å². The normalized spacial score (nSPS) is 26.6. The number of nitrogens with zero attached hydrogens (tertiary/aromatic N) is 1. The maximum atomic E-state index is 10.8. The van der Waals surface area contributed by atoms with Crippen molar-refractivity contribution in [3.8, 4) is 0 Å². The molecule has 1 aromatic heterocycles. The molecule has 2 N–H and O–H groups in total. The molecule has 6 heteroatoms. The average Bonchev–Trinajstić information content (AvgIpc) is 3.06. The molecule has 0 saturated carbocycles. The van der Waals surface area contributed by atoms with E-state index in [9.17, 15) is 4.79 Å². The second-order valence-corrected chi connectivity index (χ2v) is 6.48. The van der Waals surface area contributed by atoms with Gasteiger partial charge < -0.3 is 15.2 Å². The van der Waals surface area contributed by atoms with Crippen molar-refractivity contribution in [2.24, 2.45) is 0 Å². The summed E-state index contributed by atoms with van der Waals surface area (Å²) in [4.78, 5) is 14.4. The summed E-state index contributed by atoms with van der Waals surface area (Å²) in [6.07, 6.45) is 2.82. The van der Waals surface area contributed by atoms with E-state index in [1.54, 1.807) is 11.4 Å². The van der Waals surface area contributed by atoms with Crippen molar-refractivity contribution in [2.75, 3.05) is 26.2 Å². The smallest absolute Gasteiger partial charge is 0.336 e. The van der Waals surface area contributed by atoms with E-state index in [0.717, 1.165) is 24.6 Å². The lowest BCUT2D eigenvalue weighted by atomic mass is 10.2. The number of fused-ring (bicyclic) bond motifs is 1. The summed E-state index contributed by atoms with van der Waals surface area (Å²) in [7, 11) is 0. The third-order valence-corrected chi connectivity index (χ3v) is 4.97. The highest BCUT2D eigenvalue weighted by atomic mass is 32.1. The number of morpholine rings is 1. The molecule has 3 heterocycles. The zero-order chi connectivity index (χ0) is 13.9. The maximum absolute atomic E-state index is 10.8. The molecule has 5 nitrogen and oxygen atoms in total. The van der Waals surface area contributed by atoms with Crippen LogP contribution in [-0.4, -0.2) is 54.4 Å². The first-order valence-corrected chi connectivity index (χ1v) is 7.97. The number of hydrogen-bond donors (Lipinski definition) is 2. The Hall–Kier alpha value is -0.950. The van der Waals surface area contributed by atoms with Gasteiger partial charge in [-0.05, 0) is 25.5 Å². The molecule has 0 spiro atoms. The van der Waals surface area contributed by atoms with Crippen molar-refractivity contribution in [3.63, 3.8) is 0 Å². The van der Waals surface area contributed by atoms with Gasteiger partial charge in [-0.3, -0.25) is 4.90 Å². The molecule has 0 amide bonds. The molecule has 0 aromatic carbocycles. The van der Waals surface area contributed by atoms with Gasteiger partial charge in [0.2, 0.25) is 0 Å². The van der Waals surface area contributed by atoms with Crippen LogP contribution in [0.1, 0.15) is 28.1 Å². The summed E-state index contributed by atoms with van der Waals surface area (Å²) in [5, 5.41) is 13.9. The second kappa shape index (κ2) is 6.22. The first-order chi connectivity index (χ1) is 9.72. The average molecular weight is 296 g/mol. The minimum atomic E-state index is -0.858. The predicted octanol–water partition coefficient (Wildman–Crippen LogP) is 1.40. The summed E-state index contributed by atoms with van der Waals surface area (Å²) in [5.41, 5.74) is 0.376. The van der Waals surface area contributed by atoms with Crippen LogP contribution in [0.15, 0.2) is 11.4 Å². The highest BCUT2D eigenvalue weighted by molar-refractivity contribution is 7.10. The van der Waals surface area contributed by atoms with Crippen LogP contribution in [-0.2, 0) is 11.3 Å². The van der Waals surface area contributed by atoms with Gasteiger partial charge in [0.05, 0.1) is 18.3 Å². The number of rotatable bonds is 5. The molecule has 110 valence electrons. The predicted molar refractivity (Wildman–Crippen MR) is 77.3 cm³/mol. The van der Waals surface area contributed by atoms with E-state index in [-0.39, 0.29) is 6.10 Å². The number of ether oxygens (including phenoxy) is 1. The third-order valence-electron chi connectivity index (χ3n) is 4.03. The number of thiophene rings is 1. The van der Waals surface area contributed by atoms with Crippen LogP contribution in [0.5, 0.6) is 0 Å². The molecule has 1 aromatic rings. The number of carboxylic acids is 1. The Morgan fingerprint density at radius 2 is 2.50 bits per heavy atom. The Morgan fingerprint density at radius 1 is 1.60 bits per heavy atom. The van der Waals surface area contributed by atoms with Crippen molar-refractivity contribution in [1.29, 1.82) is 0 Å². The van der Waals surface area contributed by atoms with E-state index in [4.69, 9.17) is 9.84 Å². The van der Waals surface area contributed by atoms with Crippen LogP contribution >= 0.6 is 11.3 Å². The van der Waals surface area contributed by atoms with Crippen LogP contribution in [0.4, 0.5) is 0 Å². The van der Waals surface area contributed by atoms with E-state index in [1.165, 1.54) is 30.7 Å². The summed E-state index contributed by atoms with van der Waals surface area (Å²) in [6.45, 7) is 4.61. The minimum Gasteiger partial charge on any atom is -0.478 e. The fourth-order valence-electron chi connectivity index (χ4n) is 2.95. The van der Waals surface area contributed by atoms with Gasteiger partial charge >= 0.3 is 5.97 Å². The number of aromatic carboxylic acids is 1. The monoisotopic (exact) mass is 296 g/mol. The second-order valence-electron chi connectivity index (χ2n) is 5.48. The summed E-state index contributed by atoms with van der Waals surface area (Å²) < 4.78 is 5.88. The molecular formula is C14H20N2O3S. The molecule has 0 aliphatic carbocycles. The number of hydrogen-bond acceptors (Lipinski definition) is 5. The Morgan fingerprint density at radius 3 is 3.30 bits per heavy atom. The number of carbonyl (C=O) groups is 1. The fraction of sp³-hybridized carbons (Fsp3) is 0.643. The van der Waals surface area contributed by atoms with Crippen molar-refractivity contribution in [1.82, 2.24) is 10.2 Å². The van der Waals surface area contributed by atoms with Gasteiger partial charge in [-0.1, -0.05) is 0 Å². The molecule has 2 aliphatic heterocycles. The molecular weight excluding hydrogens is 276 g/mol. The van der Waals surface area contributed by atoms with Gasteiger partial charge in [-0.25, -0.2) is 4.79 Å². The van der Waals surface area contributed by atoms with Crippen LogP contribution in [0.2, 0.25) is 0 Å².